The number of ether oxygens (including phenoxy) is 1. The van der Waals surface area contributed by atoms with E-state index in [4.69, 9.17) is 4.74 Å². The van der Waals surface area contributed by atoms with E-state index in [1.54, 1.807) is 0 Å². The fourth-order valence-corrected chi connectivity index (χ4v) is 3.22. The summed E-state index contributed by atoms with van der Waals surface area (Å²) in [6, 6.07) is 10.0. The maximum absolute atomic E-state index is 11.9. The van der Waals surface area contributed by atoms with E-state index in [0.717, 1.165) is 31.5 Å². The smallest absolute Gasteiger partial charge is 0.407 e. The van der Waals surface area contributed by atoms with Crippen molar-refractivity contribution < 1.29 is 9.53 Å². The number of amides is 1. The highest BCUT2D eigenvalue weighted by Crippen LogP contribution is 2.26. The van der Waals surface area contributed by atoms with Crippen LogP contribution in [0.4, 0.5) is 4.79 Å². The van der Waals surface area contributed by atoms with Gasteiger partial charge in [-0.3, -0.25) is 0 Å². The zero-order valence-electron chi connectivity index (χ0n) is 13.8. The quantitative estimate of drug-likeness (QED) is 0.839. The largest absolute Gasteiger partial charge is 0.445 e. The molecule has 1 aromatic carbocycles. The standard InChI is InChI=1S/C18H28N2O2/c1-3-11-20(2)13-16-9-10-17(12-16)19-18(21)22-14-15-7-5-4-6-8-15/h4-8,16-17H,3,9-14H2,1-2H3,(H,19,21)/t16-,17+/m0/s1. The Bertz CT molecular complexity index is 450. The van der Waals surface area contributed by atoms with Crippen LogP contribution in [0.2, 0.25) is 0 Å². The normalized spacial score (nSPS) is 21.0. The lowest BCUT2D eigenvalue weighted by molar-refractivity contribution is 0.135. The number of hydrogen-bond acceptors (Lipinski definition) is 3. The van der Waals surface area contributed by atoms with Gasteiger partial charge < -0.3 is 15.0 Å². The molecule has 0 unspecified atom stereocenters. The molecule has 1 aromatic rings. The van der Waals surface area contributed by atoms with Gasteiger partial charge >= 0.3 is 6.09 Å². The molecule has 0 saturated heterocycles. The molecule has 2 atom stereocenters. The van der Waals surface area contributed by atoms with Gasteiger partial charge in [-0.25, -0.2) is 4.79 Å². The Hall–Kier alpha value is -1.55. The molecule has 2 rings (SSSR count). The van der Waals surface area contributed by atoms with Crippen LogP contribution in [0.15, 0.2) is 30.3 Å². The van der Waals surface area contributed by atoms with Crippen LogP contribution < -0.4 is 5.32 Å². The van der Waals surface area contributed by atoms with Crippen LogP contribution in [-0.4, -0.2) is 37.2 Å². The topological polar surface area (TPSA) is 41.6 Å². The van der Waals surface area contributed by atoms with Crippen molar-refractivity contribution in [3.63, 3.8) is 0 Å². The molecule has 0 aliphatic heterocycles. The maximum atomic E-state index is 11.9. The van der Waals surface area contributed by atoms with Gasteiger partial charge in [0.25, 0.3) is 0 Å². The van der Waals surface area contributed by atoms with Gasteiger partial charge in [0, 0.05) is 12.6 Å². The number of alkyl carbamates (subject to hydrolysis) is 1. The SMILES string of the molecule is CCCN(C)C[C@H]1CC[C@@H](NC(=O)OCc2ccccc2)C1. The molecule has 0 heterocycles. The summed E-state index contributed by atoms with van der Waals surface area (Å²) < 4.78 is 5.28. The molecule has 1 aliphatic rings. The average Bonchev–Trinajstić information content (AvgIpc) is 2.93. The average molecular weight is 304 g/mol. The van der Waals surface area contributed by atoms with Gasteiger partial charge in [0.1, 0.15) is 6.61 Å². The number of carbonyl (C=O) groups is 1. The molecule has 0 radical (unpaired) electrons. The van der Waals surface area contributed by atoms with Gasteiger partial charge in [0.15, 0.2) is 0 Å². The van der Waals surface area contributed by atoms with E-state index in [-0.39, 0.29) is 12.1 Å². The second-order valence-corrected chi connectivity index (χ2v) is 6.34. The number of rotatable bonds is 7. The molecule has 122 valence electrons. The Morgan fingerprint density at radius 2 is 2.09 bits per heavy atom. The minimum Gasteiger partial charge on any atom is -0.445 e. The van der Waals surface area contributed by atoms with Crippen LogP contribution in [0.3, 0.4) is 0 Å². The van der Waals surface area contributed by atoms with Gasteiger partial charge in [-0.15, -0.1) is 0 Å². The number of carbonyl (C=O) groups excluding carboxylic acids is 1. The van der Waals surface area contributed by atoms with Crippen molar-refractivity contribution in [1.82, 2.24) is 10.2 Å². The molecule has 4 heteroatoms. The molecule has 1 fully saturated rings. The highest BCUT2D eigenvalue weighted by molar-refractivity contribution is 5.67. The first kappa shape index (κ1) is 16.8. The van der Waals surface area contributed by atoms with E-state index in [9.17, 15) is 4.79 Å². The van der Waals surface area contributed by atoms with Crippen molar-refractivity contribution >= 4 is 6.09 Å². The second kappa shape index (κ2) is 8.79. The lowest BCUT2D eigenvalue weighted by Crippen LogP contribution is -2.34. The van der Waals surface area contributed by atoms with Crippen LogP contribution in [0.5, 0.6) is 0 Å². The van der Waals surface area contributed by atoms with Crippen molar-refractivity contribution in [3.05, 3.63) is 35.9 Å². The van der Waals surface area contributed by atoms with Gasteiger partial charge in [0.2, 0.25) is 0 Å². The molecule has 1 saturated carbocycles. The number of hydrogen-bond donors (Lipinski definition) is 1. The molecule has 0 bridgehead atoms. The minimum atomic E-state index is -0.295. The molecule has 1 N–H and O–H groups in total. The van der Waals surface area contributed by atoms with E-state index in [0.29, 0.717) is 12.5 Å². The third-order valence-electron chi connectivity index (χ3n) is 4.25. The molecular weight excluding hydrogens is 276 g/mol. The summed E-state index contributed by atoms with van der Waals surface area (Å²) in [6.07, 6.45) is 4.21. The molecule has 1 aliphatic carbocycles. The van der Waals surface area contributed by atoms with Crippen LogP contribution in [0.25, 0.3) is 0 Å². The van der Waals surface area contributed by atoms with Crippen LogP contribution in [0.1, 0.15) is 38.2 Å². The summed E-state index contributed by atoms with van der Waals surface area (Å²) in [5, 5.41) is 3.00. The van der Waals surface area contributed by atoms with Crippen LogP contribution >= 0.6 is 0 Å². The first-order chi connectivity index (χ1) is 10.7. The minimum absolute atomic E-state index is 0.267. The summed E-state index contributed by atoms with van der Waals surface area (Å²) in [5.74, 6) is 0.691. The first-order valence-corrected chi connectivity index (χ1v) is 8.33. The van der Waals surface area contributed by atoms with Gasteiger partial charge in [0.05, 0.1) is 0 Å². The Labute approximate surface area is 133 Å². The number of benzene rings is 1. The molecule has 0 aromatic heterocycles. The number of nitrogens with one attached hydrogen (secondary N) is 1. The van der Waals surface area contributed by atoms with Crippen molar-refractivity contribution in [2.75, 3.05) is 20.1 Å². The Morgan fingerprint density at radius 3 is 2.82 bits per heavy atom. The van der Waals surface area contributed by atoms with Gasteiger partial charge in [-0.1, -0.05) is 37.3 Å². The van der Waals surface area contributed by atoms with Gasteiger partial charge in [-0.2, -0.15) is 0 Å². The van der Waals surface area contributed by atoms with Gasteiger partial charge in [-0.05, 0) is 50.8 Å². The lowest BCUT2D eigenvalue weighted by Gasteiger charge is -2.20. The first-order valence-electron chi connectivity index (χ1n) is 8.33. The summed E-state index contributed by atoms with van der Waals surface area (Å²) in [6.45, 7) is 4.82. The monoisotopic (exact) mass is 304 g/mol. The van der Waals surface area contributed by atoms with Crippen LogP contribution in [-0.2, 0) is 11.3 Å². The Balaban J connectivity index is 1.65. The lowest BCUT2D eigenvalue weighted by atomic mass is 10.1. The molecule has 22 heavy (non-hydrogen) atoms. The van der Waals surface area contributed by atoms with Crippen molar-refractivity contribution in [2.24, 2.45) is 5.92 Å². The second-order valence-electron chi connectivity index (χ2n) is 6.34. The molecule has 1 amide bonds. The molecule has 4 nitrogen and oxygen atoms in total. The maximum Gasteiger partial charge on any atom is 0.407 e. The van der Waals surface area contributed by atoms with Crippen molar-refractivity contribution in [3.8, 4) is 0 Å². The number of nitrogens with zero attached hydrogens (tertiary/aromatic N) is 1. The predicted octanol–water partition coefficient (Wildman–Crippen LogP) is 3.42. The van der Waals surface area contributed by atoms with E-state index < -0.39 is 0 Å². The Kier molecular flexibility index (Phi) is 6.72. The van der Waals surface area contributed by atoms with Crippen LogP contribution in [0, 0.1) is 5.92 Å². The van der Waals surface area contributed by atoms with E-state index in [2.05, 4.69) is 24.2 Å². The van der Waals surface area contributed by atoms with Crippen molar-refractivity contribution in [1.29, 1.82) is 0 Å². The van der Waals surface area contributed by atoms with E-state index >= 15 is 0 Å². The zero-order valence-corrected chi connectivity index (χ0v) is 13.8. The predicted molar refractivity (Wildman–Crippen MR) is 88.7 cm³/mol. The summed E-state index contributed by atoms with van der Waals surface area (Å²) in [5.41, 5.74) is 1.02. The summed E-state index contributed by atoms with van der Waals surface area (Å²) >= 11 is 0. The summed E-state index contributed by atoms with van der Waals surface area (Å²) in [7, 11) is 2.18. The summed E-state index contributed by atoms with van der Waals surface area (Å²) in [4.78, 5) is 14.2. The Morgan fingerprint density at radius 1 is 1.32 bits per heavy atom. The third kappa shape index (κ3) is 5.68. The molecule has 0 spiro atoms. The highest BCUT2D eigenvalue weighted by Gasteiger charge is 2.26. The fraction of sp³-hybridized carbons (Fsp3) is 0.611. The zero-order chi connectivity index (χ0) is 15.8. The van der Waals surface area contributed by atoms with E-state index in [1.165, 1.54) is 12.8 Å². The van der Waals surface area contributed by atoms with Crippen molar-refractivity contribution in [2.45, 2.75) is 45.3 Å². The van der Waals surface area contributed by atoms with E-state index in [1.807, 2.05) is 30.3 Å². The highest BCUT2D eigenvalue weighted by atomic mass is 16.5. The third-order valence-corrected chi connectivity index (χ3v) is 4.25. The molecular formula is C18H28N2O2. The fourth-order valence-electron chi connectivity index (χ4n) is 3.22.